The molecule has 164 valence electrons. The fraction of sp³-hybridized carbons (Fsp3) is 0.435. The molecule has 1 aliphatic rings. The second-order valence-corrected chi connectivity index (χ2v) is 8.25. The summed E-state index contributed by atoms with van der Waals surface area (Å²) in [4.78, 5) is 25.0. The predicted octanol–water partition coefficient (Wildman–Crippen LogP) is 4.58. The number of aryl methyl sites for hydroxylation is 1. The average molecular weight is 445 g/mol. The zero-order chi connectivity index (χ0) is 22.1. The molecule has 0 amide bonds. The van der Waals surface area contributed by atoms with Crippen molar-refractivity contribution in [1.29, 1.82) is 0 Å². The summed E-state index contributed by atoms with van der Waals surface area (Å²) in [6.45, 7) is 8.39. The Kier molecular flexibility index (Phi) is 6.25. The minimum atomic E-state index is -0.520. The predicted molar refractivity (Wildman–Crippen MR) is 121 cm³/mol. The highest BCUT2D eigenvalue weighted by molar-refractivity contribution is 6.30. The highest BCUT2D eigenvalue weighted by Crippen LogP contribution is 2.31. The maximum atomic E-state index is 14.9. The van der Waals surface area contributed by atoms with E-state index in [9.17, 15) is 9.18 Å². The van der Waals surface area contributed by atoms with Gasteiger partial charge < -0.3 is 9.64 Å². The zero-order valence-corrected chi connectivity index (χ0v) is 18.7. The van der Waals surface area contributed by atoms with Crippen molar-refractivity contribution in [3.8, 4) is 11.3 Å². The third kappa shape index (κ3) is 4.16. The molecule has 0 radical (unpaired) electrons. The molecular weight excluding hydrogens is 419 g/mol. The first-order chi connectivity index (χ1) is 14.9. The van der Waals surface area contributed by atoms with Crippen molar-refractivity contribution in [1.82, 2.24) is 14.5 Å². The third-order valence-corrected chi connectivity index (χ3v) is 5.90. The summed E-state index contributed by atoms with van der Waals surface area (Å²) >= 11 is 5.97. The van der Waals surface area contributed by atoms with Crippen LogP contribution in [0.3, 0.4) is 0 Å². The molecule has 1 saturated heterocycles. The molecule has 1 aromatic carbocycles. The topological polar surface area (TPSA) is 60.3 Å². The van der Waals surface area contributed by atoms with Gasteiger partial charge in [-0.25, -0.2) is 14.4 Å². The summed E-state index contributed by atoms with van der Waals surface area (Å²) in [6, 6.07) is 6.25. The van der Waals surface area contributed by atoms with Gasteiger partial charge in [0.1, 0.15) is 17.5 Å². The lowest BCUT2D eigenvalue weighted by Crippen LogP contribution is -2.42. The van der Waals surface area contributed by atoms with Crippen LogP contribution in [0.5, 0.6) is 0 Å². The van der Waals surface area contributed by atoms with Crippen LogP contribution in [0.2, 0.25) is 5.02 Å². The minimum Gasteiger partial charge on any atom is -0.375 e. The summed E-state index contributed by atoms with van der Waals surface area (Å²) < 4.78 is 22.3. The van der Waals surface area contributed by atoms with Gasteiger partial charge in [0.25, 0.3) is 5.56 Å². The van der Waals surface area contributed by atoms with Crippen LogP contribution in [-0.2, 0) is 11.3 Å². The lowest BCUT2D eigenvalue weighted by molar-refractivity contribution is 0.0382. The van der Waals surface area contributed by atoms with Crippen LogP contribution in [-0.4, -0.2) is 40.3 Å². The highest BCUT2D eigenvalue weighted by Gasteiger charge is 2.24. The standard InChI is InChI=1S/C23H26ClFN4O2/c1-4-8-29-14(3)26-19-12-20(28-9-10-31-16(5-2)13-28)27-22(21(19)23(29)30)17-7-6-15(24)11-18(17)25/h6-7,11-12,16H,4-5,8-10,13H2,1-3H3. The molecule has 0 N–H and O–H groups in total. The van der Waals surface area contributed by atoms with Crippen LogP contribution in [0.1, 0.15) is 32.5 Å². The molecule has 1 unspecified atom stereocenters. The van der Waals surface area contributed by atoms with Crippen molar-refractivity contribution in [2.24, 2.45) is 0 Å². The number of aromatic nitrogens is 3. The fourth-order valence-electron chi connectivity index (χ4n) is 4.03. The number of fused-ring (bicyclic) bond motifs is 1. The Hall–Kier alpha value is -2.51. The molecule has 0 spiro atoms. The fourth-order valence-corrected chi connectivity index (χ4v) is 4.19. The quantitative estimate of drug-likeness (QED) is 0.576. The molecule has 1 atom stereocenters. The monoisotopic (exact) mass is 444 g/mol. The van der Waals surface area contributed by atoms with E-state index in [-0.39, 0.29) is 22.2 Å². The number of ether oxygens (including phenoxy) is 1. The van der Waals surface area contributed by atoms with E-state index < -0.39 is 5.82 Å². The summed E-state index contributed by atoms with van der Waals surface area (Å²) in [5.74, 6) is 0.777. The van der Waals surface area contributed by atoms with Crippen molar-refractivity contribution in [3.63, 3.8) is 0 Å². The maximum absolute atomic E-state index is 14.9. The van der Waals surface area contributed by atoms with Crippen LogP contribution in [0.4, 0.5) is 10.2 Å². The van der Waals surface area contributed by atoms with Gasteiger partial charge in [-0.3, -0.25) is 9.36 Å². The molecule has 3 aromatic rings. The number of hydrogen-bond donors (Lipinski definition) is 0. The van der Waals surface area contributed by atoms with Crippen molar-refractivity contribution < 1.29 is 9.13 Å². The number of pyridine rings is 1. The Balaban J connectivity index is 1.98. The van der Waals surface area contributed by atoms with Gasteiger partial charge >= 0.3 is 0 Å². The highest BCUT2D eigenvalue weighted by atomic mass is 35.5. The minimum absolute atomic E-state index is 0.106. The van der Waals surface area contributed by atoms with Crippen LogP contribution in [0, 0.1) is 12.7 Å². The average Bonchev–Trinajstić information content (AvgIpc) is 2.76. The number of benzene rings is 1. The van der Waals surface area contributed by atoms with Crippen molar-refractivity contribution in [2.45, 2.75) is 46.3 Å². The van der Waals surface area contributed by atoms with Gasteiger partial charge in [-0.15, -0.1) is 0 Å². The second kappa shape index (κ2) is 8.93. The Labute approximate surface area is 185 Å². The van der Waals surface area contributed by atoms with Gasteiger partial charge in [-0.2, -0.15) is 0 Å². The van der Waals surface area contributed by atoms with E-state index in [0.717, 1.165) is 12.8 Å². The molecule has 1 aliphatic heterocycles. The molecule has 0 saturated carbocycles. The molecule has 31 heavy (non-hydrogen) atoms. The molecular formula is C23H26ClFN4O2. The molecule has 3 heterocycles. The van der Waals surface area contributed by atoms with E-state index in [1.54, 1.807) is 16.7 Å². The third-order valence-electron chi connectivity index (χ3n) is 5.67. The van der Waals surface area contributed by atoms with Gasteiger partial charge in [-0.05, 0) is 38.0 Å². The second-order valence-electron chi connectivity index (χ2n) is 7.81. The van der Waals surface area contributed by atoms with Crippen molar-refractivity contribution in [3.05, 3.63) is 51.3 Å². The Bertz CT molecular complexity index is 1180. The SMILES string of the molecule is CCCn1c(C)nc2cc(N3CCOC(CC)C3)nc(-c3ccc(Cl)cc3F)c2c1=O. The van der Waals surface area contributed by atoms with Crippen LogP contribution < -0.4 is 10.5 Å². The van der Waals surface area contributed by atoms with E-state index in [1.165, 1.54) is 6.07 Å². The van der Waals surface area contributed by atoms with Gasteiger partial charge in [0.2, 0.25) is 0 Å². The number of rotatable bonds is 5. The van der Waals surface area contributed by atoms with E-state index in [4.69, 9.17) is 26.3 Å². The number of nitrogens with zero attached hydrogens (tertiary/aromatic N) is 4. The van der Waals surface area contributed by atoms with Gasteiger partial charge in [-0.1, -0.05) is 25.4 Å². The van der Waals surface area contributed by atoms with Crippen molar-refractivity contribution in [2.75, 3.05) is 24.6 Å². The molecule has 0 aliphatic carbocycles. The Morgan fingerprint density at radius 3 is 2.77 bits per heavy atom. The summed E-state index contributed by atoms with van der Waals surface area (Å²) in [5, 5.41) is 0.613. The van der Waals surface area contributed by atoms with E-state index in [0.29, 0.717) is 54.5 Å². The van der Waals surface area contributed by atoms with Crippen LogP contribution in [0.15, 0.2) is 29.1 Å². The van der Waals surface area contributed by atoms with Crippen LogP contribution >= 0.6 is 11.6 Å². The lowest BCUT2D eigenvalue weighted by atomic mass is 10.1. The van der Waals surface area contributed by atoms with Crippen LogP contribution in [0.25, 0.3) is 22.2 Å². The first kappa shape index (κ1) is 21.7. The van der Waals surface area contributed by atoms with E-state index in [2.05, 4.69) is 11.8 Å². The van der Waals surface area contributed by atoms with E-state index in [1.807, 2.05) is 19.9 Å². The molecule has 1 fully saturated rings. The smallest absolute Gasteiger partial charge is 0.263 e. The molecule has 8 heteroatoms. The number of hydrogen-bond acceptors (Lipinski definition) is 5. The maximum Gasteiger partial charge on any atom is 0.263 e. The van der Waals surface area contributed by atoms with Gasteiger partial charge in [0.15, 0.2) is 0 Å². The number of halogens is 2. The summed E-state index contributed by atoms with van der Waals surface area (Å²) in [5.41, 5.74) is 0.843. The summed E-state index contributed by atoms with van der Waals surface area (Å²) in [6.07, 6.45) is 1.78. The molecule has 2 aromatic heterocycles. The molecule has 0 bridgehead atoms. The first-order valence-electron chi connectivity index (χ1n) is 10.7. The zero-order valence-electron chi connectivity index (χ0n) is 18.0. The Morgan fingerprint density at radius 2 is 2.06 bits per heavy atom. The normalized spacial score (nSPS) is 16.8. The van der Waals surface area contributed by atoms with Gasteiger partial charge in [0, 0.05) is 36.3 Å². The first-order valence-corrected chi connectivity index (χ1v) is 11.0. The Morgan fingerprint density at radius 1 is 1.26 bits per heavy atom. The van der Waals surface area contributed by atoms with E-state index >= 15 is 0 Å². The largest absolute Gasteiger partial charge is 0.375 e. The van der Waals surface area contributed by atoms with Gasteiger partial charge in [0.05, 0.1) is 29.3 Å². The molecule has 4 rings (SSSR count). The number of morpholine rings is 1. The number of anilines is 1. The van der Waals surface area contributed by atoms with Crippen molar-refractivity contribution >= 4 is 28.3 Å². The lowest BCUT2D eigenvalue weighted by Gasteiger charge is -2.33. The molecule has 6 nitrogen and oxygen atoms in total. The summed E-state index contributed by atoms with van der Waals surface area (Å²) in [7, 11) is 0.